The molecule has 3 atom stereocenters. The number of hydrogen-bond donors (Lipinski definition) is 4. The van der Waals surface area contributed by atoms with Crippen LogP contribution in [0, 0.1) is 5.92 Å². The molecule has 4 aromatic rings. The van der Waals surface area contributed by atoms with Crippen molar-refractivity contribution in [3.05, 3.63) is 83.6 Å². The molecule has 0 bridgehead atoms. The van der Waals surface area contributed by atoms with Gasteiger partial charge in [-0.25, -0.2) is 4.79 Å². The Balaban J connectivity index is 1.16. The van der Waals surface area contributed by atoms with Crippen molar-refractivity contribution in [2.24, 2.45) is 5.92 Å². The quantitative estimate of drug-likeness (QED) is 0.0215. The predicted octanol–water partition coefficient (Wildman–Crippen LogP) is 6.28. The number of anilines is 2. The number of ether oxygens (including phenoxy) is 10. The molecular formula is C64H89N3O26S4. The maximum atomic E-state index is 13.3. The lowest BCUT2D eigenvalue weighted by molar-refractivity contribution is -0.198. The van der Waals surface area contributed by atoms with Gasteiger partial charge in [0.15, 0.2) is 0 Å². The van der Waals surface area contributed by atoms with Crippen molar-refractivity contribution in [2.75, 3.05) is 156 Å². The van der Waals surface area contributed by atoms with Gasteiger partial charge >= 0.3 is 5.97 Å². The summed E-state index contributed by atoms with van der Waals surface area (Å²) in [6, 6.07) is 9.93. The Hall–Kier alpha value is -5.67. The topological polar surface area (TPSA) is 380 Å². The van der Waals surface area contributed by atoms with E-state index >= 15 is 0 Å². The van der Waals surface area contributed by atoms with Gasteiger partial charge in [-0.1, -0.05) is 58.4 Å². The predicted molar refractivity (Wildman–Crippen MR) is 353 cm³/mol. The average Bonchev–Trinajstić information content (AvgIpc) is 1.63. The summed E-state index contributed by atoms with van der Waals surface area (Å²) in [4.78, 5) is 41.1. The number of allylic oxidation sites excluding steroid dienone is 4. The minimum atomic E-state index is -5.12. The van der Waals surface area contributed by atoms with Crippen molar-refractivity contribution in [3.63, 3.8) is 0 Å². The third-order valence-corrected chi connectivity index (χ3v) is 20.5. The van der Waals surface area contributed by atoms with E-state index in [0.717, 1.165) is 18.6 Å². The lowest BCUT2D eigenvalue weighted by Crippen LogP contribution is -2.38. The van der Waals surface area contributed by atoms with E-state index in [2.05, 4.69) is 4.90 Å². The number of hydroxylamine groups is 2. The monoisotopic (exact) mass is 1440 g/mol. The van der Waals surface area contributed by atoms with Gasteiger partial charge in [-0.05, 0) is 89.6 Å². The summed E-state index contributed by atoms with van der Waals surface area (Å²) >= 11 is 0. The van der Waals surface area contributed by atoms with Crippen molar-refractivity contribution in [1.29, 1.82) is 0 Å². The zero-order chi connectivity index (χ0) is 70.8. The second-order valence-corrected chi connectivity index (χ2v) is 29.5. The lowest BCUT2D eigenvalue weighted by Gasteiger charge is -2.38. The van der Waals surface area contributed by atoms with Gasteiger partial charge < -0.3 is 62.0 Å². The molecule has 4 aromatic carbocycles. The Bertz CT molecular complexity index is 3910. The molecule has 0 spiro atoms. The fourth-order valence-corrected chi connectivity index (χ4v) is 15.1. The van der Waals surface area contributed by atoms with Crippen molar-refractivity contribution in [2.45, 2.75) is 109 Å². The van der Waals surface area contributed by atoms with Crippen LogP contribution in [0.15, 0.2) is 92.0 Å². The van der Waals surface area contributed by atoms with E-state index in [9.17, 15) is 66.3 Å². The van der Waals surface area contributed by atoms with Crippen LogP contribution in [0.5, 0.6) is 0 Å². The van der Waals surface area contributed by atoms with Crippen LogP contribution >= 0.6 is 0 Å². The number of rotatable bonds is 42. The lowest BCUT2D eigenvalue weighted by atomic mass is 9.66. The molecule has 4 N–H and O–H groups in total. The number of imide groups is 1. The number of carbonyl (C=O) groups is 3. The van der Waals surface area contributed by atoms with Crippen molar-refractivity contribution < 1.29 is 118 Å². The summed E-state index contributed by atoms with van der Waals surface area (Å²) < 4.78 is 203. The van der Waals surface area contributed by atoms with E-state index in [1.165, 1.54) is 18.2 Å². The number of amides is 2. The molecule has 3 aliphatic heterocycles. The van der Waals surface area contributed by atoms with Crippen molar-refractivity contribution >= 4 is 91.2 Å². The zero-order valence-corrected chi connectivity index (χ0v) is 58.6. The van der Waals surface area contributed by atoms with Gasteiger partial charge in [0.2, 0.25) is 0 Å². The van der Waals surface area contributed by atoms with Gasteiger partial charge in [0.05, 0.1) is 129 Å². The van der Waals surface area contributed by atoms with Crippen LogP contribution in [0.3, 0.4) is 0 Å². The van der Waals surface area contributed by atoms with Crippen LogP contribution in [-0.4, -0.2) is 227 Å². The number of carbonyl (C=O) groups excluding carboxylic acids is 3. The number of methoxy groups -OCH3 is 2. The molecule has 29 nitrogen and oxygen atoms in total. The summed E-state index contributed by atoms with van der Waals surface area (Å²) in [5.74, 6) is -2.40. The first-order valence-corrected chi connectivity index (χ1v) is 37.5. The summed E-state index contributed by atoms with van der Waals surface area (Å²) in [5, 5.41) is 0.698. The van der Waals surface area contributed by atoms with Crippen molar-refractivity contribution in [1.82, 2.24) is 5.06 Å². The molecule has 7 rings (SSSR count). The van der Waals surface area contributed by atoms with Crippen LogP contribution in [0.1, 0.15) is 83.8 Å². The maximum Gasteiger partial charge on any atom is 0.335 e. The third-order valence-electron chi connectivity index (χ3n) is 17.1. The number of fused-ring (bicyclic) bond motifs is 6. The molecule has 33 heteroatoms. The molecule has 97 heavy (non-hydrogen) atoms. The first-order chi connectivity index (χ1) is 46.0. The van der Waals surface area contributed by atoms with E-state index < -0.39 is 94.6 Å². The van der Waals surface area contributed by atoms with E-state index in [1.54, 1.807) is 26.4 Å². The highest BCUT2D eigenvalue weighted by Gasteiger charge is 2.46. The molecule has 2 amide bonds. The molecule has 540 valence electrons. The van der Waals surface area contributed by atoms with Crippen LogP contribution < -0.4 is 9.80 Å². The highest BCUT2D eigenvalue weighted by atomic mass is 32.2. The molecule has 1 fully saturated rings. The summed E-state index contributed by atoms with van der Waals surface area (Å²) in [5.41, 5.74) is 0.536. The van der Waals surface area contributed by atoms with Crippen LogP contribution in [0.4, 0.5) is 11.4 Å². The summed E-state index contributed by atoms with van der Waals surface area (Å²) in [6.45, 7) is 12.3. The molecule has 3 unspecified atom stereocenters. The Kier molecular flexibility index (Phi) is 28.9. The largest absolute Gasteiger partial charge is 0.383 e. The van der Waals surface area contributed by atoms with Gasteiger partial charge in [0.25, 0.3) is 52.3 Å². The fraction of sp³-hybridized carbons (Fsp3) is 0.578. The first kappa shape index (κ1) is 78.7. The third kappa shape index (κ3) is 20.7. The molecule has 0 saturated carbocycles. The summed E-state index contributed by atoms with van der Waals surface area (Å²) in [7, 11) is -17.2. The molecular weight excluding hydrogens is 1350 g/mol. The minimum absolute atomic E-state index is 0.000988. The second kappa shape index (κ2) is 35.6. The van der Waals surface area contributed by atoms with Crippen molar-refractivity contribution in [3.8, 4) is 0 Å². The normalized spacial score (nSPS) is 18.9. The van der Waals surface area contributed by atoms with Gasteiger partial charge in [-0.3, -0.25) is 27.8 Å². The number of nitrogens with zero attached hydrogens (tertiary/aromatic N) is 3. The molecule has 0 radical (unpaired) electrons. The van der Waals surface area contributed by atoms with Crippen LogP contribution in [-0.2, 0) is 118 Å². The smallest absolute Gasteiger partial charge is 0.335 e. The van der Waals surface area contributed by atoms with E-state index in [4.69, 9.17) is 52.2 Å². The van der Waals surface area contributed by atoms with E-state index in [-0.39, 0.29) is 152 Å². The average molecular weight is 1440 g/mol. The maximum absolute atomic E-state index is 13.3. The SMILES string of the molecule is CCCC1CC(/C=C/C=C2/N(CCOCCOCCOCCOCCOCCC(=O)ON3C(=O)CCC3=O)c3ccc4c(S(=O)(=O)O)cc(S(=O)(=O)O)cc4c3C2(C)C)C(C)(CCOCCOCCOCCOC)c2c(ccc3c(S(=O)(=O)O)cc(S(=O)(=O)O)cc23)N1CCOC. The highest BCUT2D eigenvalue weighted by Crippen LogP contribution is 2.54. The number of hydrogen-bond acceptors (Lipinski definition) is 24. The zero-order valence-electron chi connectivity index (χ0n) is 55.3. The standard InChI is InChI=1S/C64H89N3O26S4/c1-7-9-46-40-45(64(4,19-23-86-29-32-90-35-34-88-27-26-84-6)62-52-42-48(95(74,75)76)44-56(97(80,81)82)50(52)13-15-54(62)65(46)20-24-83-5)10-8-11-57-63(2,3)61-51-41-47(94(71,72)73)43-55(96(77,78)79)49(51)12-14-53(61)66(57)21-25-87-30-33-91-37-39-92-38-36-89-31-28-85-22-18-60(70)93-67-58(68)16-17-59(67)69/h8,10-15,41-46H,7,9,16-40H2,1-6H3,(H,71,72,73)(H,74,75,76)(H,77,78,79)(H,80,81,82)/b10-8+,57-11+. The summed E-state index contributed by atoms with van der Waals surface area (Å²) in [6.07, 6.45) is 7.64. The fourth-order valence-electron chi connectivity index (χ4n) is 12.4. The van der Waals surface area contributed by atoms with Crippen LogP contribution in [0.2, 0.25) is 0 Å². The van der Waals surface area contributed by atoms with E-state index in [1.807, 2.05) is 50.8 Å². The highest BCUT2D eigenvalue weighted by molar-refractivity contribution is 7.87. The Morgan fingerprint density at radius 1 is 0.546 bits per heavy atom. The molecule has 3 aliphatic rings. The molecule has 3 heterocycles. The number of benzene rings is 4. The Morgan fingerprint density at radius 3 is 1.47 bits per heavy atom. The van der Waals surface area contributed by atoms with Gasteiger partial charge in [0.1, 0.15) is 9.79 Å². The molecule has 0 aliphatic carbocycles. The van der Waals surface area contributed by atoms with Crippen LogP contribution in [0.25, 0.3) is 21.5 Å². The Labute approximate surface area is 566 Å². The minimum Gasteiger partial charge on any atom is -0.383 e. The Morgan fingerprint density at radius 2 is 1.00 bits per heavy atom. The second-order valence-electron chi connectivity index (χ2n) is 23.9. The molecule has 1 saturated heterocycles. The molecule has 0 aromatic heterocycles. The van der Waals surface area contributed by atoms with E-state index in [0.29, 0.717) is 85.1 Å². The van der Waals surface area contributed by atoms with Gasteiger partial charge in [-0.2, -0.15) is 33.7 Å². The van der Waals surface area contributed by atoms with Gasteiger partial charge in [-0.15, -0.1) is 5.06 Å². The first-order valence-electron chi connectivity index (χ1n) is 31.7. The van der Waals surface area contributed by atoms with Gasteiger partial charge in [0, 0.05) is 91.5 Å².